The number of anilines is 1. The summed E-state index contributed by atoms with van der Waals surface area (Å²) in [5.74, 6) is 2.08. The van der Waals surface area contributed by atoms with Gasteiger partial charge in [0.05, 0.1) is 19.9 Å². The van der Waals surface area contributed by atoms with Gasteiger partial charge in [0.25, 0.3) is 0 Å². The lowest BCUT2D eigenvalue weighted by Crippen LogP contribution is -2.55. The Bertz CT molecular complexity index is 1110. The molecule has 1 aliphatic heterocycles. The number of amides is 3. The van der Waals surface area contributed by atoms with E-state index in [-0.39, 0.29) is 24.0 Å². The van der Waals surface area contributed by atoms with Crippen LogP contribution in [0.5, 0.6) is 11.5 Å². The molecule has 0 aliphatic carbocycles. The molecule has 11 heteroatoms. The fourth-order valence-corrected chi connectivity index (χ4v) is 4.55. The molecular formula is C29H45N7O4. The second-order valence-corrected chi connectivity index (χ2v) is 10.8. The minimum absolute atomic E-state index is 0.0451. The molecule has 1 aromatic heterocycles. The first-order chi connectivity index (χ1) is 19.1. The third-order valence-electron chi connectivity index (χ3n) is 6.97. The molecule has 1 aromatic carbocycles. The van der Waals surface area contributed by atoms with Crippen LogP contribution in [0.25, 0.3) is 11.3 Å². The molecule has 1 fully saturated rings. The summed E-state index contributed by atoms with van der Waals surface area (Å²) < 4.78 is 10.8. The number of benzene rings is 1. The Morgan fingerprint density at radius 1 is 0.950 bits per heavy atom. The molecule has 0 bridgehead atoms. The van der Waals surface area contributed by atoms with Gasteiger partial charge in [-0.25, -0.2) is 4.79 Å². The summed E-state index contributed by atoms with van der Waals surface area (Å²) in [5, 5.41) is 11.9. The summed E-state index contributed by atoms with van der Waals surface area (Å²) in [6.07, 6.45) is 0. The molecule has 2 heterocycles. The molecular weight excluding hydrogens is 510 g/mol. The van der Waals surface area contributed by atoms with E-state index in [1.807, 2.05) is 56.0 Å². The van der Waals surface area contributed by atoms with Gasteiger partial charge in [-0.15, -0.1) is 10.2 Å². The number of nitrogens with one attached hydrogen (secondary N) is 1. The van der Waals surface area contributed by atoms with Crippen molar-refractivity contribution in [1.82, 2.24) is 30.2 Å². The number of urea groups is 1. The van der Waals surface area contributed by atoms with E-state index >= 15 is 0 Å². The second-order valence-electron chi connectivity index (χ2n) is 10.8. The first-order valence-corrected chi connectivity index (χ1v) is 14.0. The lowest BCUT2D eigenvalue weighted by atomic mass is 10.1. The van der Waals surface area contributed by atoms with Crippen molar-refractivity contribution < 1.29 is 19.1 Å². The Hall–Kier alpha value is -3.60. The van der Waals surface area contributed by atoms with Crippen molar-refractivity contribution in [2.24, 2.45) is 0 Å². The molecule has 220 valence electrons. The highest BCUT2D eigenvalue weighted by Gasteiger charge is 2.27. The molecule has 0 saturated carbocycles. The zero-order valence-corrected chi connectivity index (χ0v) is 25.1. The number of ether oxygens (including phenoxy) is 2. The summed E-state index contributed by atoms with van der Waals surface area (Å²) in [5.41, 5.74) is 1.16. The first kappa shape index (κ1) is 30.9. The van der Waals surface area contributed by atoms with Crippen molar-refractivity contribution in [2.45, 2.75) is 40.2 Å². The Morgan fingerprint density at radius 3 is 2.20 bits per heavy atom. The van der Waals surface area contributed by atoms with Gasteiger partial charge in [-0.1, -0.05) is 13.8 Å². The number of nitrogens with zero attached hydrogens (tertiary/aromatic N) is 6. The number of methoxy groups -OCH3 is 2. The second kappa shape index (κ2) is 14.2. The Balaban J connectivity index is 1.60. The summed E-state index contributed by atoms with van der Waals surface area (Å²) in [6.45, 7) is 15.5. The highest BCUT2D eigenvalue weighted by molar-refractivity contribution is 5.84. The largest absolute Gasteiger partial charge is 0.497 e. The quantitative estimate of drug-likeness (QED) is 0.452. The summed E-state index contributed by atoms with van der Waals surface area (Å²) in [6, 6.07) is 9.23. The van der Waals surface area contributed by atoms with Crippen LogP contribution in [0.2, 0.25) is 0 Å². The van der Waals surface area contributed by atoms with E-state index in [0.717, 1.165) is 31.0 Å². The molecule has 0 radical (unpaired) electrons. The monoisotopic (exact) mass is 555 g/mol. The molecule has 40 heavy (non-hydrogen) atoms. The van der Waals surface area contributed by atoms with Gasteiger partial charge in [0.1, 0.15) is 18.0 Å². The Kier molecular flexibility index (Phi) is 10.9. The van der Waals surface area contributed by atoms with Crippen LogP contribution in [-0.2, 0) is 4.79 Å². The maximum absolute atomic E-state index is 13.2. The maximum atomic E-state index is 13.2. The van der Waals surface area contributed by atoms with E-state index in [1.54, 1.807) is 19.1 Å². The molecule has 0 spiro atoms. The predicted octanol–water partition coefficient (Wildman–Crippen LogP) is 2.96. The fourth-order valence-electron chi connectivity index (χ4n) is 4.55. The van der Waals surface area contributed by atoms with Gasteiger partial charge in [-0.3, -0.25) is 4.79 Å². The van der Waals surface area contributed by atoms with E-state index in [1.165, 1.54) is 0 Å². The molecule has 1 N–H and O–H groups in total. The number of carbonyl (C=O) groups excluding carboxylic acids is 2. The van der Waals surface area contributed by atoms with Crippen LogP contribution in [0.15, 0.2) is 30.3 Å². The third-order valence-corrected chi connectivity index (χ3v) is 6.97. The Morgan fingerprint density at radius 2 is 1.65 bits per heavy atom. The summed E-state index contributed by atoms with van der Waals surface area (Å²) >= 11 is 0. The molecule has 0 atom stereocenters. The SMILES string of the molecule is CCN(CC)CCN(CC(=O)N1CCN(c2ccc(-c3ccc(OC)cc3OC)nn2)CC1)C(=O)NC(C)(C)C. The minimum atomic E-state index is -0.381. The smallest absolute Gasteiger partial charge is 0.318 e. The van der Waals surface area contributed by atoms with Crippen molar-refractivity contribution in [3.05, 3.63) is 30.3 Å². The zero-order chi connectivity index (χ0) is 29.3. The molecule has 2 aromatic rings. The number of aromatic nitrogens is 2. The number of piperazine rings is 1. The van der Waals surface area contributed by atoms with Gasteiger partial charge in [-0.05, 0) is 58.1 Å². The van der Waals surface area contributed by atoms with Gasteiger partial charge >= 0.3 is 6.03 Å². The summed E-state index contributed by atoms with van der Waals surface area (Å²) in [4.78, 5) is 34.1. The standard InChI is InChI=1S/C29H45N7O4/c1-8-33(9-2)14-15-36(28(38)30-29(3,4)5)21-27(37)35-18-16-34(17-19-35)26-13-12-24(31-32-26)23-11-10-22(39-6)20-25(23)40-7/h10-13,20H,8-9,14-19,21H2,1-7H3,(H,30,38). The van der Waals surface area contributed by atoms with Crippen molar-refractivity contribution in [2.75, 3.05) is 78.0 Å². The molecule has 11 nitrogen and oxygen atoms in total. The number of hydrogen-bond acceptors (Lipinski definition) is 8. The fraction of sp³-hybridized carbons (Fsp3) is 0.586. The number of likely N-dealkylation sites (N-methyl/N-ethyl adjacent to an activating group) is 1. The number of rotatable bonds is 11. The van der Waals surface area contributed by atoms with Crippen LogP contribution in [0, 0.1) is 0 Å². The van der Waals surface area contributed by atoms with Crippen molar-refractivity contribution in [1.29, 1.82) is 0 Å². The van der Waals surface area contributed by atoms with Crippen LogP contribution in [0.1, 0.15) is 34.6 Å². The molecule has 0 unspecified atom stereocenters. The molecule has 1 aliphatic rings. The molecule has 3 rings (SSSR count). The van der Waals surface area contributed by atoms with Gasteiger partial charge in [0.15, 0.2) is 5.82 Å². The lowest BCUT2D eigenvalue weighted by Gasteiger charge is -2.37. The maximum Gasteiger partial charge on any atom is 0.318 e. The third kappa shape index (κ3) is 8.45. The average Bonchev–Trinajstić information content (AvgIpc) is 2.95. The molecule has 3 amide bonds. The number of carbonyl (C=O) groups is 2. The van der Waals surface area contributed by atoms with Crippen molar-refractivity contribution in [3.63, 3.8) is 0 Å². The normalized spacial score (nSPS) is 13.8. The zero-order valence-electron chi connectivity index (χ0n) is 25.1. The highest BCUT2D eigenvalue weighted by atomic mass is 16.5. The van der Waals surface area contributed by atoms with E-state index < -0.39 is 0 Å². The number of hydrogen-bond donors (Lipinski definition) is 1. The van der Waals surface area contributed by atoms with Crippen LogP contribution in [0.3, 0.4) is 0 Å². The first-order valence-electron chi connectivity index (χ1n) is 14.0. The molecule has 1 saturated heterocycles. The average molecular weight is 556 g/mol. The van der Waals surface area contributed by atoms with Crippen molar-refractivity contribution in [3.8, 4) is 22.8 Å². The van der Waals surface area contributed by atoms with Crippen LogP contribution >= 0.6 is 0 Å². The Labute approximate surface area is 238 Å². The highest BCUT2D eigenvalue weighted by Crippen LogP contribution is 2.32. The van der Waals surface area contributed by atoms with E-state index in [0.29, 0.717) is 49.9 Å². The van der Waals surface area contributed by atoms with E-state index in [2.05, 4.69) is 39.2 Å². The van der Waals surface area contributed by atoms with Crippen LogP contribution in [0.4, 0.5) is 10.6 Å². The van der Waals surface area contributed by atoms with E-state index in [9.17, 15) is 9.59 Å². The van der Waals surface area contributed by atoms with Crippen LogP contribution in [-0.4, -0.2) is 115 Å². The minimum Gasteiger partial charge on any atom is -0.497 e. The lowest BCUT2D eigenvalue weighted by molar-refractivity contribution is -0.132. The van der Waals surface area contributed by atoms with Crippen LogP contribution < -0.4 is 19.7 Å². The topological polar surface area (TPSA) is 103 Å². The predicted molar refractivity (Wildman–Crippen MR) is 157 cm³/mol. The van der Waals surface area contributed by atoms with Gasteiger partial charge in [-0.2, -0.15) is 0 Å². The van der Waals surface area contributed by atoms with Gasteiger partial charge < -0.3 is 34.4 Å². The van der Waals surface area contributed by atoms with Crippen molar-refractivity contribution >= 4 is 17.8 Å². The van der Waals surface area contributed by atoms with Gasteiger partial charge in [0.2, 0.25) is 5.91 Å². The van der Waals surface area contributed by atoms with E-state index in [4.69, 9.17) is 9.47 Å². The van der Waals surface area contributed by atoms with Gasteiger partial charge in [0, 0.05) is 56.4 Å². The summed E-state index contributed by atoms with van der Waals surface area (Å²) in [7, 11) is 3.23.